The van der Waals surface area contributed by atoms with Crippen LogP contribution >= 0.6 is 12.4 Å². The predicted octanol–water partition coefficient (Wildman–Crippen LogP) is 1.91. The number of ether oxygens (including phenoxy) is 1. The maximum absolute atomic E-state index is 9.67. The molecule has 1 aliphatic carbocycles. The van der Waals surface area contributed by atoms with Crippen molar-refractivity contribution < 1.29 is 9.84 Å². The molecule has 0 saturated heterocycles. The molecule has 1 aromatic carbocycles. The Balaban J connectivity index is 0.00000144. The van der Waals surface area contributed by atoms with Crippen LogP contribution in [0.4, 0.5) is 0 Å². The standard InChI is InChI=1S/C13H19NO2.ClH/c1-10-3-2-4-13(7-10)16-9-12(15)8-14-11-5-6-11;/h2-4,7,11-12,14-15H,5-6,8-9H2,1H3;1H. The zero-order valence-electron chi connectivity index (χ0n) is 10.1. The van der Waals surface area contributed by atoms with Crippen LogP contribution in [0.25, 0.3) is 0 Å². The first-order valence-electron chi connectivity index (χ1n) is 5.85. The average molecular weight is 258 g/mol. The number of aryl methyl sites for hydroxylation is 1. The van der Waals surface area contributed by atoms with E-state index in [1.54, 1.807) is 0 Å². The zero-order valence-corrected chi connectivity index (χ0v) is 10.9. The van der Waals surface area contributed by atoms with Gasteiger partial charge in [-0.25, -0.2) is 0 Å². The monoisotopic (exact) mass is 257 g/mol. The summed E-state index contributed by atoms with van der Waals surface area (Å²) in [7, 11) is 0. The van der Waals surface area contributed by atoms with E-state index in [4.69, 9.17) is 4.74 Å². The first kappa shape index (κ1) is 14.3. The van der Waals surface area contributed by atoms with Gasteiger partial charge in [-0.2, -0.15) is 0 Å². The van der Waals surface area contributed by atoms with Crippen LogP contribution in [0.15, 0.2) is 24.3 Å². The molecule has 0 radical (unpaired) electrons. The fourth-order valence-electron chi connectivity index (χ4n) is 1.55. The van der Waals surface area contributed by atoms with Crippen LogP contribution in [0.3, 0.4) is 0 Å². The smallest absolute Gasteiger partial charge is 0.119 e. The van der Waals surface area contributed by atoms with Crippen molar-refractivity contribution in [1.82, 2.24) is 5.32 Å². The van der Waals surface area contributed by atoms with Crippen LogP contribution in [0.2, 0.25) is 0 Å². The molecule has 0 bridgehead atoms. The zero-order chi connectivity index (χ0) is 11.4. The Kier molecular flexibility index (Phi) is 5.75. The molecule has 1 saturated carbocycles. The quantitative estimate of drug-likeness (QED) is 0.818. The summed E-state index contributed by atoms with van der Waals surface area (Å²) < 4.78 is 5.51. The van der Waals surface area contributed by atoms with Crippen LogP contribution in [0, 0.1) is 6.92 Å². The minimum Gasteiger partial charge on any atom is -0.491 e. The fraction of sp³-hybridized carbons (Fsp3) is 0.538. The number of aliphatic hydroxyl groups is 1. The Labute approximate surface area is 109 Å². The highest BCUT2D eigenvalue weighted by atomic mass is 35.5. The molecule has 1 unspecified atom stereocenters. The van der Waals surface area contributed by atoms with Gasteiger partial charge in [0.15, 0.2) is 0 Å². The third-order valence-electron chi connectivity index (χ3n) is 2.65. The molecular weight excluding hydrogens is 238 g/mol. The lowest BCUT2D eigenvalue weighted by Crippen LogP contribution is -2.32. The van der Waals surface area contributed by atoms with Crippen LogP contribution in [-0.2, 0) is 0 Å². The molecular formula is C13H20ClNO2. The summed E-state index contributed by atoms with van der Waals surface area (Å²) in [6.07, 6.45) is 2.05. The molecule has 0 aliphatic heterocycles. The van der Waals surface area contributed by atoms with Gasteiger partial charge < -0.3 is 15.2 Å². The van der Waals surface area contributed by atoms with Crippen molar-refractivity contribution in [2.24, 2.45) is 0 Å². The van der Waals surface area contributed by atoms with E-state index in [9.17, 15) is 5.11 Å². The lowest BCUT2D eigenvalue weighted by molar-refractivity contribution is 0.106. The van der Waals surface area contributed by atoms with Crippen molar-refractivity contribution in [3.63, 3.8) is 0 Å². The minimum absolute atomic E-state index is 0. The van der Waals surface area contributed by atoms with E-state index in [1.807, 2.05) is 31.2 Å². The Morgan fingerprint density at radius 3 is 2.88 bits per heavy atom. The Hall–Kier alpha value is -0.770. The number of hydrogen-bond acceptors (Lipinski definition) is 3. The number of halogens is 1. The van der Waals surface area contributed by atoms with Crippen molar-refractivity contribution in [3.8, 4) is 5.75 Å². The van der Waals surface area contributed by atoms with Gasteiger partial charge >= 0.3 is 0 Å². The molecule has 1 fully saturated rings. The third-order valence-corrected chi connectivity index (χ3v) is 2.65. The summed E-state index contributed by atoms with van der Waals surface area (Å²) in [5.74, 6) is 0.825. The molecule has 0 heterocycles. The average Bonchev–Trinajstić information content (AvgIpc) is 3.07. The summed E-state index contributed by atoms with van der Waals surface area (Å²) in [5.41, 5.74) is 1.17. The molecule has 2 N–H and O–H groups in total. The molecule has 1 atom stereocenters. The summed E-state index contributed by atoms with van der Waals surface area (Å²) in [5, 5.41) is 12.9. The number of rotatable bonds is 6. The number of benzene rings is 1. The van der Waals surface area contributed by atoms with E-state index in [0.717, 1.165) is 5.75 Å². The molecule has 17 heavy (non-hydrogen) atoms. The number of aliphatic hydroxyl groups excluding tert-OH is 1. The van der Waals surface area contributed by atoms with Crippen molar-refractivity contribution in [1.29, 1.82) is 0 Å². The van der Waals surface area contributed by atoms with Crippen LogP contribution in [0.1, 0.15) is 18.4 Å². The summed E-state index contributed by atoms with van der Waals surface area (Å²) >= 11 is 0. The normalized spacial score (nSPS) is 16.1. The molecule has 3 nitrogen and oxygen atoms in total. The number of nitrogens with one attached hydrogen (secondary N) is 1. The number of hydrogen-bond donors (Lipinski definition) is 2. The second-order valence-electron chi connectivity index (χ2n) is 4.46. The van der Waals surface area contributed by atoms with E-state index < -0.39 is 6.10 Å². The van der Waals surface area contributed by atoms with E-state index in [2.05, 4.69) is 5.32 Å². The van der Waals surface area contributed by atoms with Crippen molar-refractivity contribution >= 4 is 12.4 Å². The SMILES string of the molecule is Cc1cccc(OCC(O)CNC2CC2)c1.Cl. The van der Waals surface area contributed by atoms with Crippen molar-refractivity contribution in [3.05, 3.63) is 29.8 Å². The molecule has 1 aliphatic rings. The van der Waals surface area contributed by atoms with E-state index in [0.29, 0.717) is 19.2 Å². The predicted molar refractivity (Wildman–Crippen MR) is 71.0 cm³/mol. The highest BCUT2D eigenvalue weighted by molar-refractivity contribution is 5.85. The van der Waals surface area contributed by atoms with Crippen LogP contribution < -0.4 is 10.1 Å². The van der Waals surface area contributed by atoms with Crippen molar-refractivity contribution in [2.75, 3.05) is 13.2 Å². The molecule has 4 heteroatoms. The lowest BCUT2D eigenvalue weighted by atomic mass is 10.2. The Bertz CT molecular complexity index is 342. The van der Waals surface area contributed by atoms with E-state index >= 15 is 0 Å². The van der Waals surface area contributed by atoms with Gasteiger partial charge in [-0.05, 0) is 37.5 Å². The first-order chi connectivity index (χ1) is 7.74. The van der Waals surface area contributed by atoms with Gasteiger partial charge in [0, 0.05) is 12.6 Å². The van der Waals surface area contributed by atoms with Crippen LogP contribution in [-0.4, -0.2) is 30.4 Å². The van der Waals surface area contributed by atoms with Gasteiger partial charge in [0.2, 0.25) is 0 Å². The van der Waals surface area contributed by atoms with Gasteiger partial charge in [-0.1, -0.05) is 12.1 Å². The molecule has 0 spiro atoms. The minimum atomic E-state index is -0.430. The lowest BCUT2D eigenvalue weighted by Gasteiger charge is -2.13. The largest absolute Gasteiger partial charge is 0.491 e. The summed E-state index contributed by atoms with van der Waals surface area (Å²) in [4.78, 5) is 0. The maximum Gasteiger partial charge on any atom is 0.119 e. The van der Waals surface area contributed by atoms with Crippen molar-refractivity contribution in [2.45, 2.75) is 31.9 Å². The highest BCUT2D eigenvalue weighted by Gasteiger charge is 2.21. The first-order valence-corrected chi connectivity index (χ1v) is 5.85. The van der Waals surface area contributed by atoms with Crippen LogP contribution in [0.5, 0.6) is 5.75 Å². The molecule has 0 amide bonds. The second kappa shape index (κ2) is 6.84. The molecule has 96 valence electrons. The van der Waals surface area contributed by atoms with Gasteiger partial charge in [0.1, 0.15) is 18.5 Å². The summed E-state index contributed by atoms with van der Waals surface area (Å²) in [6.45, 7) is 3.00. The Morgan fingerprint density at radius 2 is 2.24 bits per heavy atom. The van der Waals surface area contributed by atoms with E-state index in [-0.39, 0.29) is 12.4 Å². The molecule has 1 aromatic rings. The molecule has 2 rings (SSSR count). The van der Waals surface area contributed by atoms with Gasteiger partial charge in [0.05, 0.1) is 0 Å². The molecule has 0 aromatic heterocycles. The van der Waals surface area contributed by atoms with Gasteiger partial charge in [0.25, 0.3) is 0 Å². The fourth-order valence-corrected chi connectivity index (χ4v) is 1.55. The third kappa shape index (κ3) is 5.39. The second-order valence-corrected chi connectivity index (χ2v) is 4.46. The summed E-state index contributed by atoms with van der Waals surface area (Å²) in [6, 6.07) is 8.50. The Morgan fingerprint density at radius 1 is 1.47 bits per heavy atom. The van der Waals surface area contributed by atoms with Gasteiger partial charge in [-0.3, -0.25) is 0 Å². The topological polar surface area (TPSA) is 41.5 Å². The van der Waals surface area contributed by atoms with Gasteiger partial charge in [-0.15, -0.1) is 12.4 Å². The highest BCUT2D eigenvalue weighted by Crippen LogP contribution is 2.18. The maximum atomic E-state index is 9.67. The van der Waals surface area contributed by atoms with E-state index in [1.165, 1.54) is 18.4 Å².